The zero-order valence-electron chi connectivity index (χ0n) is 11.8. The third-order valence-corrected chi connectivity index (χ3v) is 6.78. The van der Waals surface area contributed by atoms with Gasteiger partial charge in [-0.05, 0) is 50.5 Å². The molecule has 19 heavy (non-hydrogen) atoms. The Hall–Kier alpha value is -0.690. The molecule has 0 aliphatic heterocycles. The normalized spacial score (nSPS) is 12.7. The van der Waals surface area contributed by atoms with Gasteiger partial charge in [0.05, 0.1) is 20.7 Å². The molecule has 0 aromatic carbocycles. The molecule has 0 amide bonds. The summed E-state index contributed by atoms with van der Waals surface area (Å²) in [5.74, 6) is -0.0750. The highest BCUT2D eigenvalue weighted by Gasteiger charge is 2.28. The van der Waals surface area contributed by atoms with Crippen LogP contribution in [0.25, 0.3) is 0 Å². The second kappa shape index (κ2) is 5.36. The minimum Gasteiger partial charge on any atom is -0.294 e. The lowest BCUT2D eigenvalue weighted by Crippen LogP contribution is -2.35. The molecule has 1 rings (SSSR count). The number of sulfone groups is 1. The molecule has 7 heteroatoms. The summed E-state index contributed by atoms with van der Waals surface area (Å²) in [4.78, 5) is 15.7. The van der Waals surface area contributed by atoms with Crippen LogP contribution in [0.2, 0.25) is 0 Å². The number of hydrogen-bond acceptors (Lipinski definition) is 4. The maximum Gasteiger partial charge on any atom is 0.348 e. The lowest BCUT2D eigenvalue weighted by molar-refractivity contribution is 0.549. The molecule has 108 valence electrons. The lowest BCUT2D eigenvalue weighted by atomic mass is 10.3. The van der Waals surface area contributed by atoms with Crippen molar-refractivity contribution in [3.63, 3.8) is 0 Å². The van der Waals surface area contributed by atoms with Gasteiger partial charge in [-0.1, -0.05) is 0 Å². The fourth-order valence-electron chi connectivity index (χ4n) is 1.56. The van der Waals surface area contributed by atoms with Crippen LogP contribution in [-0.4, -0.2) is 28.5 Å². The number of rotatable bonds is 3. The molecule has 1 heterocycles. The molecule has 1 aromatic heterocycles. The molecule has 0 N–H and O–H groups in total. The second-order valence-corrected chi connectivity index (χ2v) is 9.12. The quantitative estimate of drug-likeness (QED) is 0.833. The minimum absolute atomic E-state index is 0.0750. The Balaban J connectivity index is 3.11. The Morgan fingerprint density at radius 2 is 1.79 bits per heavy atom. The zero-order chi connectivity index (χ0) is 15.0. The van der Waals surface area contributed by atoms with Crippen molar-refractivity contribution < 1.29 is 8.42 Å². The Morgan fingerprint density at radius 1 is 1.26 bits per heavy atom. The van der Waals surface area contributed by atoms with E-state index in [0.717, 1.165) is 4.47 Å². The first kappa shape index (κ1) is 16.4. The summed E-state index contributed by atoms with van der Waals surface area (Å²) in [6, 6.07) is 0. The van der Waals surface area contributed by atoms with Crippen LogP contribution in [0.5, 0.6) is 0 Å². The fraction of sp³-hybridized carbons (Fsp3) is 0.667. The molecule has 0 atom stereocenters. The number of aryl methyl sites for hydroxylation is 1. The van der Waals surface area contributed by atoms with Crippen molar-refractivity contribution in [3.8, 4) is 0 Å². The van der Waals surface area contributed by atoms with Crippen molar-refractivity contribution >= 4 is 25.8 Å². The molecule has 0 radical (unpaired) electrons. The number of nitrogens with zero attached hydrogens (tertiary/aromatic N) is 2. The molecule has 0 saturated carbocycles. The van der Waals surface area contributed by atoms with E-state index in [9.17, 15) is 13.2 Å². The van der Waals surface area contributed by atoms with Gasteiger partial charge >= 0.3 is 5.69 Å². The van der Waals surface area contributed by atoms with Crippen molar-refractivity contribution in [2.75, 3.05) is 5.75 Å². The molecule has 0 spiro atoms. The third-order valence-electron chi connectivity index (χ3n) is 3.05. The summed E-state index contributed by atoms with van der Waals surface area (Å²) >= 11 is 3.35. The molecule has 0 unspecified atom stereocenters. The highest BCUT2D eigenvalue weighted by atomic mass is 79.9. The maximum absolute atomic E-state index is 12.1. The zero-order valence-corrected chi connectivity index (χ0v) is 14.2. The average Bonchev–Trinajstić information content (AvgIpc) is 2.24. The van der Waals surface area contributed by atoms with E-state index in [2.05, 4.69) is 20.9 Å². The van der Waals surface area contributed by atoms with Gasteiger partial charge in [-0.25, -0.2) is 13.2 Å². The van der Waals surface area contributed by atoms with Gasteiger partial charge in [0.15, 0.2) is 9.84 Å². The summed E-state index contributed by atoms with van der Waals surface area (Å²) in [6.07, 6.45) is 0. The summed E-state index contributed by atoms with van der Waals surface area (Å²) in [7, 11) is -3.26. The number of aromatic nitrogens is 2. The molecule has 0 aliphatic carbocycles. The van der Waals surface area contributed by atoms with Crippen LogP contribution < -0.4 is 5.69 Å². The van der Waals surface area contributed by atoms with E-state index in [0.29, 0.717) is 11.4 Å². The molecule has 0 saturated heterocycles. The summed E-state index contributed by atoms with van der Waals surface area (Å²) in [6.45, 7) is 8.58. The monoisotopic (exact) mass is 350 g/mol. The number of hydrogen-bond donors (Lipinski definition) is 0. The largest absolute Gasteiger partial charge is 0.348 e. The van der Waals surface area contributed by atoms with Gasteiger partial charge in [0, 0.05) is 12.2 Å². The van der Waals surface area contributed by atoms with Crippen LogP contribution >= 0.6 is 15.9 Å². The summed E-state index contributed by atoms with van der Waals surface area (Å²) in [5.41, 5.74) is 0.890. The van der Waals surface area contributed by atoms with Crippen molar-refractivity contribution in [2.24, 2.45) is 0 Å². The number of halogens is 1. The third kappa shape index (κ3) is 3.45. The van der Waals surface area contributed by atoms with Crippen molar-refractivity contribution in [1.29, 1.82) is 0 Å². The summed E-state index contributed by atoms with van der Waals surface area (Å²) < 4.78 is 25.4. The van der Waals surface area contributed by atoms with Crippen molar-refractivity contribution in [2.45, 2.75) is 45.9 Å². The molecular weight excluding hydrogens is 332 g/mol. The van der Waals surface area contributed by atoms with Gasteiger partial charge in [-0.2, -0.15) is 4.98 Å². The van der Waals surface area contributed by atoms with Gasteiger partial charge in [0.1, 0.15) is 0 Å². The molecular formula is C12H19BrN2O3S. The van der Waals surface area contributed by atoms with Crippen LogP contribution in [-0.2, 0) is 16.4 Å². The average molecular weight is 351 g/mol. The SMILES string of the molecule is Cc1nc(=O)n(CCS(=O)(=O)C(C)(C)C)c(C)c1Br. The topological polar surface area (TPSA) is 69.0 Å². The lowest BCUT2D eigenvalue weighted by Gasteiger charge is -2.20. The van der Waals surface area contributed by atoms with Gasteiger partial charge in [-0.3, -0.25) is 4.57 Å². The predicted octanol–water partition coefficient (Wildman–Crippen LogP) is 1.84. The Morgan fingerprint density at radius 3 is 2.26 bits per heavy atom. The molecule has 5 nitrogen and oxygen atoms in total. The van der Waals surface area contributed by atoms with Gasteiger partial charge in [0.2, 0.25) is 0 Å². The predicted molar refractivity (Wildman–Crippen MR) is 79.2 cm³/mol. The smallest absolute Gasteiger partial charge is 0.294 e. The highest BCUT2D eigenvalue weighted by molar-refractivity contribution is 9.10. The van der Waals surface area contributed by atoms with Gasteiger partial charge in [0.25, 0.3) is 0 Å². The molecule has 1 aromatic rings. The van der Waals surface area contributed by atoms with Crippen LogP contribution in [0, 0.1) is 13.8 Å². The van der Waals surface area contributed by atoms with E-state index in [1.54, 1.807) is 34.6 Å². The first-order valence-electron chi connectivity index (χ1n) is 5.93. The summed E-state index contributed by atoms with van der Waals surface area (Å²) in [5, 5.41) is 0. The Labute approximate surface area is 122 Å². The first-order chi connectivity index (χ1) is 8.47. The van der Waals surface area contributed by atoms with Crippen LogP contribution in [0.3, 0.4) is 0 Å². The van der Waals surface area contributed by atoms with E-state index in [1.807, 2.05) is 0 Å². The maximum atomic E-state index is 12.1. The van der Waals surface area contributed by atoms with E-state index < -0.39 is 20.3 Å². The van der Waals surface area contributed by atoms with Gasteiger partial charge in [-0.15, -0.1) is 0 Å². The molecule has 0 fully saturated rings. The molecule has 0 bridgehead atoms. The van der Waals surface area contributed by atoms with Crippen molar-refractivity contribution in [3.05, 3.63) is 26.3 Å². The Bertz CT molecular complexity index is 642. The van der Waals surface area contributed by atoms with E-state index in [1.165, 1.54) is 4.57 Å². The van der Waals surface area contributed by atoms with Gasteiger partial charge < -0.3 is 0 Å². The van der Waals surface area contributed by atoms with E-state index in [-0.39, 0.29) is 12.3 Å². The molecule has 0 aliphatic rings. The second-order valence-electron chi connectivity index (χ2n) is 5.46. The Kier molecular flexibility index (Phi) is 4.62. The van der Waals surface area contributed by atoms with Crippen LogP contribution in [0.4, 0.5) is 0 Å². The van der Waals surface area contributed by atoms with Crippen LogP contribution in [0.15, 0.2) is 9.27 Å². The fourth-order valence-corrected chi connectivity index (χ4v) is 2.90. The van der Waals surface area contributed by atoms with Crippen LogP contribution in [0.1, 0.15) is 32.2 Å². The van der Waals surface area contributed by atoms with Crippen molar-refractivity contribution in [1.82, 2.24) is 9.55 Å². The highest BCUT2D eigenvalue weighted by Crippen LogP contribution is 2.19. The minimum atomic E-state index is -3.26. The van der Waals surface area contributed by atoms with E-state index >= 15 is 0 Å². The van der Waals surface area contributed by atoms with E-state index in [4.69, 9.17) is 0 Å². The standard InChI is InChI=1S/C12H19BrN2O3S/c1-8-10(13)9(2)15(11(16)14-8)6-7-19(17,18)12(3,4)5/h6-7H2,1-5H3. The first-order valence-corrected chi connectivity index (χ1v) is 8.38.